The summed E-state index contributed by atoms with van der Waals surface area (Å²) >= 11 is 3.40. The summed E-state index contributed by atoms with van der Waals surface area (Å²) in [4.78, 5) is 10.7. The minimum absolute atomic E-state index is 0.159. The van der Waals surface area contributed by atoms with Crippen molar-refractivity contribution in [2.24, 2.45) is 0 Å². The molecule has 0 fully saturated rings. The first kappa shape index (κ1) is 14.0. The number of hydrogen-bond acceptors (Lipinski definition) is 3. The molecular formula is C15H14BrFN4. The van der Waals surface area contributed by atoms with Crippen LogP contribution in [0.15, 0.2) is 47.5 Å². The van der Waals surface area contributed by atoms with E-state index in [9.17, 15) is 4.39 Å². The van der Waals surface area contributed by atoms with Gasteiger partial charge < -0.3 is 9.30 Å². The second kappa shape index (κ2) is 5.44. The number of imidazole rings is 1. The first-order chi connectivity index (χ1) is 10.1. The maximum Gasteiger partial charge on any atom is 0.180 e. The standard InChI is InChI=1S/C15H14BrFN4/c1-10(11-5-3-4-6-12(11)17)20(2)15-14-18-7-8-21(14)9-13(16)19-15/h3-10H,1-2H3. The quantitative estimate of drug-likeness (QED) is 0.721. The number of fused-ring (bicyclic) bond motifs is 1. The van der Waals surface area contributed by atoms with Crippen LogP contribution < -0.4 is 4.90 Å². The number of anilines is 1. The van der Waals surface area contributed by atoms with Crippen molar-refractivity contribution in [1.82, 2.24) is 14.4 Å². The number of nitrogens with zero attached hydrogens (tertiary/aromatic N) is 4. The molecular weight excluding hydrogens is 335 g/mol. The molecule has 1 aromatic carbocycles. The largest absolute Gasteiger partial charge is 0.350 e. The number of halogens is 2. The summed E-state index contributed by atoms with van der Waals surface area (Å²) in [6.45, 7) is 1.94. The van der Waals surface area contributed by atoms with Crippen LogP contribution >= 0.6 is 15.9 Å². The summed E-state index contributed by atoms with van der Waals surface area (Å²) in [6, 6.07) is 6.63. The van der Waals surface area contributed by atoms with Gasteiger partial charge in [0.1, 0.15) is 10.4 Å². The Kier molecular flexibility index (Phi) is 3.63. The predicted molar refractivity (Wildman–Crippen MR) is 83.9 cm³/mol. The van der Waals surface area contributed by atoms with Crippen molar-refractivity contribution in [1.29, 1.82) is 0 Å². The number of aromatic nitrogens is 3. The molecule has 0 N–H and O–H groups in total. The third-order valence-corrected chi connectivity index (χ3v) is 3.98. The lowest BCUT2D eigenvalue weighted by atomic mass is 10.1. The topological polar surface area (TPSA) is 33.4 Å². The molecule has 3 aromatic rings. The molecule has 2 heterocycles. The third-order valence-electron chi connectivity index (χ3n) is 3.60. The molecule has 0 aliphatic rings. The van der Waals surface area contributed by atoms with E-state index >= 15 is 0 Å². The van der Waals surface area contributed by atoms with E-state index in [-0.39, 0.29) is 11.9 Å². The smallest absolute Gasteiger partial charge is 0.180 e. The molecule has 4 nitrogen and oxygen atoms in total. The first-order valence-electron chi connectivity index (χ1n) is 6.54. The van der Waals surface area contributed by atoms with Gasteiger partial charge >= 0.3 is 0 Å². The maximum atomic E-state index is 14.0. The molecule has 1 atom stereocenters. The Morgan fingerprint density at radius 3 is 2.86 bits per heavy atom. The van der Waals surface area contributed by atoms with Crippen LogP contribution in [0, 0.1) is 5.82 Å². The Morgan fingerprint density at radius 2 is 2.10 bits per heavy atom. The monoisotopic (exact) mass is 348 g/mol. The normalized spacial score (nSPS) is 12.6. The second-order valence-corrected chi connectivity index (χ2v) is 5.67. The highest BCUT2D eigenvalue weighted by molar-refractivity contribution is 9.10. The van der Waals surface area contributed by atoms with Gasteiger partial charge in [-0.25, -0.2) is 14.4 Å². The molecule has 21 heavy (non-hydrogen) atoms. The van der Waals surface area contributed by atoms with Crippen molar-refractivity contribution in [3.63, 3.8) is 0 Å². The highest BCUT2D eigenvalue weighted by Gasteiger charge is 2.20. The lowest BCUT2D eigenvalue weighted by molar-refractivity contribution is 0.584. The molecule has 0 saturated carbocycles. The van der Waals surface area contributed by atoms with Crippen LogP contribution in [0.1, 0.15) is 18.5 Å². The fourth-order valence-corrected chi connectivity index (χ4v) is 2.72. The Labute approximate surface area is 130 Å². The van der Waals surface area contributed by atoms with E-state index in [4.69, 9.17) is 0 Å². The van der Waals surface area contributed by atoms with Crippen LogP contribution in [0.5, 0.6) is 0 Å². The Balaban J connectivity index is 2.06. The minimum Gasteiger partial charge on any atom is -0.350 e. The van der Waals surface area contributed by atoms with Crippen molar-refractivity contribution in [2.45, 2.75) is 13.0 Å². The van der Waals surface area contributed by atoms with E-state index < -0.39 is 0 Å². The van der Waals surface area contributed by atoms with Crippen LogP contribution in [0.4, 0.5) is 10.2 Å². The minimum atomic E-state index is -0.216. The molecule has 1 unspecified atom stereocenters. The summed E-state index contributed by atoms with van der Waals surface area (Å²) in [5, 5.41) is 0. The average molecular weight is 349 g/mol. The molecule has 3 rings (SSSR count). The lowest BCUT2D eigenvalue weighted by Gasteiger charge is -2.27. The molecule has 108 valence electrons. The van der Waals surface area contributed by atoms with Gasteiger partial charge in [0.15, 0.2) is 11.5 Å². The first-order valence-corrected chi connectivity index (χ1v) is 7.33. The summed E-state index contributed by atoms with van der Waals surface area (Å²) in [5.41, 5.74) is 1.37. The molecule has 0 bridgehead atoms. The highest BCUT2D eigenvalue weighted by atomic mass is 79.9. The van der Waals surface area contributed by atoms with Crippen LogP contribution in [-0.4, -0.2) is 21.4 Å². The summed E-state index contributed by atoms with van der Waals surface area (Å²) in [7, 11) is 1.89. The second-order valence-electron chi connectivity index (χ2n) is 4.85. The third kappa shape index (κ3) is 2.51. The van der Waals surface area contributed by atoms with Gasteiger partial charge in [-0.3, -0.25) is 0 Å². The summed E-state index contributed by atoms with van der Waals surface area (Å²) in [5.74, 6) is 0.483. The van der Waals surface area contributed by atoms with Crippen molar-refractivity contribution < 1.29 is 4.39 Å². The van der Waals surface area contributed by atoms with E-state index in [2.05, 4.69) is 25.9 Å². The fourth-order valence-electron chi connectivity index (χ4n) is 2.33. The van der Waals surface area contributed by atoms with Gasteiger partial charge in [0.2, 0.25) is 0 Å². The number of rotatable bonds is 3. The Bertz CT molecular complexity index is 786. The van der Waals surface area contributed by atoms with Crippen LogP contribution in [0.25, 0.3) is 5.65 Å². The number of benzene rings is 1. The SMILES string of the molecule is CC(c1ccccc1F)N(C)c1nc(Br)cn2ccnc12. The molecule has 0 radical (unpaired) electrons. The van der Waals surface area contributed by atoms with E-state index in [1.807, 2.05) is 41.7 Å². The van der Waals surface area contributed by atoms with Crippen LogP contribution in [-0.2, 0) is 0 Å². The average Bonchev–Trinajstić information content (AvgIpc) is 2.93. The van der Waals surface area contributed by atoms with Gasteiger partial charge in [0.05, 0.1) is 6.04 Å². The molecule has 0 saturated heterocycles. The van der Waals surface area contributed by atoms with Gasteiger partial charge in [0.25, 0.3) is 0 Å². The van der Waals surface area contributed by atoms with E-state index in [1.165, 1.54) is 6.07 Å². The van der Waals surface area contributed by atoms with Gasteiger partial charge in [0, 0.05) is 31.2 Å². The number of hydrogen-bond donors (Lipinski definition) is 0. The molecule has 0 spiro atoms. The molecule has 6 heteroatoms. The summed E-state index contributed by atoms with van der Waals surface area (Å²) in [6.07, 6.45) is 5.41. The molecule has 0 aliphatic carbocycles. The van der Waals surface area contributed by atoms with E-state index in [0.29, 0.717) is 16.0 Å². The van der Waals surface area contributed by atoms with Gasteiger partial charge in [-0.1, -0.05) is 18.2 Å². The molecule has 0 amide bonds. The van der Waals surface area contributed by atoms with E-state index in [1.54, 1.807) is 18.3 Å². The fraction of sp³-hybridized carbons (Fsp3) is 0.200. The van der Waals surface area contributed by atoms with Gasteiger partial charge in [-0.05, 0) is 28.9 Å². The maximum absolute atomic E-state index is 14.0. The van der Waals surface area contributed by atoms with Crippen molar-refractivity contribution in [3.05, 3.63) is 58.8 Å². The van der Waals surface area contributed by atoms with E-state index in [0.717, 1.165) is 5.65 Å². The zero-order valence-corrected chi connectivity index (χ0v) is 13.2. The summed E-state index contributed by atoms with van der Waals surface area (Å²) < 4.78 is 16.6. The van der Waals surface area contributed by atoms with Crippen molar-refractivity contribution in [2.75, 3.05) is 11.9 Å². The Morgan fingerprint density at radius 1 is 1.33 bits per heavy atom. The Hall–Kier alpha value is -1.95. The molecule has 2 aromatic heterocycles. The van der Waals surface area contributed by atoms with Crippen molar-refractivity contribution in [3.8, 4) is 0 Å². The zero-order valence-electron chi connectivity index (χ0n) is 11.7. The predicted octanol–water partition coefficient (Wildman–Crippen LogP) is 3.83. The van der Waals surface area contributed by atoms with Crippen molar-refractivity contribution >= 4 is 27.4 Å². The van der Waals surface area contributed by atoms with Gasteiger partial charge in [-0.2, -0.15) is 0 Å². The lowest BCUT2D eigenvalue weighted by Crippen LogP contribution is -2.24. The van der Waals surface area contributed by atoms with Crippen LogP contribution in [0.2, 0.25) is 0 Å². The zero-order chi connectivity index (χ0) is 15.0. The van der Waals surface area contributed by atoms with Gasteiger partial charge in [-0.15, -0.1) is 0 Å². The highest BCUT2D eigenvalue weighted by Crippen LogP contribution is 2.29. The van der Waals surface area contributed by atoms with Crippen LogP contribution in [0.3, 0.4) is 0 Å². The molecule has 0 aliphatic heterocycles.